The molecule has 0 atom stereocenters. The van der Waals surface area contributed by atoms with Crippen molar-refractivity contribution >= 4 is 55.2 Å². The standard InChI is InChI=1S/C36H23ClN2/c37-31-22-27(39-32-15-7-4-12-28(32)29-13-5-8-16-33(29)39)23-35-36(31)30-14-6-9-17-34(30)38(35)26-20-18-25(19-21-26)24-10-2-1-3-11-24/h1-23H. The lowest BCUT2D eigenvalue weighted by molar-refractivity contribution is 1.15. The van der Waals surface area contributed by atoms with Gasteiger partial charge in [0.1, 0.15) is 0 Å². The van der Waals surface area contributed by atoms with Crippen molar-refractivity contribution in [1.29, 1.82) is 0 Å². The molecular weight excluding hydrogens is 496 g/mol. The Hall–Kier alpha value is -4.79. The fraction of sp³-hybridized carbons (Fsp3) is 0. The lowest BCUT2D eigenvalue weighted by Crippen LogP contribution is -1.97. The van der Waals surface area contributed by atoms with Gasteiger partial charge in [-0.3, -0.25) is 0 Å². The van der Waals surface area contributed by atoms with Gasteiger partial charge in [0.15, 0.2) is 0 Å². The molecule has 0 amide bonds. The van der Waals surface area contributed by atoms with Gasteiger partial charge in [0.05, 0.1) is 27.1 Å². The normalized spacial score (nSPS) is 11.7. The van der Waals surface area contributed by atoms with Crippen LogP contribution in [0.5, 0.6) is 0 Å². The molecule has 0 unspecified atom stereocenters. The molecule has 0 saturated heterocycles. The van der Waals surface area contributed by atoms with Crippen LogP contribution in [0.2, 0.25) is 5.02 Å². The van der Waals surface area contributed by atoms with Gasteiger partial charge in [0.25, 0.3) is 0 Å². The van der Waals surface area contributed by atoms with Crippen molar-refractivity contribution in [2.24, 2.45) is 0 Å². The van der Waals surface area contributed by atoms with Gasteiger partial charge in [-0.05, 0) is 53.6 Å². The summed E-state index contributed by atoms with van der Waals surface area (Å²) in [6, 6.07) is 49.4. The third-order valence-electron chi connectivity index (χ3n) is 7.78. The molecule has 6 aromatic carbocycles. The Morgan fingerprint density at radius 3 is 1.51 bits per heavy atom. The first kappa shape index (κ1) is 22.2. The number of aromatic nitrogens is 2. The predicted octanol–water partition coefficient (Wildman–Crippen LogP) is 10.2. The molecule has 0 saturated carbocycles. The fourth-order valence-electron chi connectivity index (χ4n) is 6.07. The van der Waals surface area contributed by atoms with Crippen LogP contribution in [0.25, 0.3) is 66.1 Å². The maximum atomic E-state index is 7.14. The van der Waals surface area contributed by atoms with E-state index in [1.807, 2.05) is 0 Å². The molecule has 2 nitrogen and oxygen atoms in total. The Morgan fingerprint density at radius 2 is 0.872 bits per heavy atom. The minimum Gasteiger partial charge on any atom is -0.309 e. The molecule has 0 aliphatic rings. The van der Waals surface area contributed by atoms with Crippen molar-refractivity contribution in [3.63, 3.8) is 0 Å². The highest BCUT2D eigenvalue weighted by molar-refractivity contribution is 6.38. The molecule has 8 aromatic rings. The number of fused-ring (bicyclic) bond motifs is 6. The van der Waals surface area contributed by atoms with Crippen molar-refractivity contribution in [3.8, 4) is 22.5 Å². The van der Waals surface area contributed by atoms with Gasteiger partial charge < -0.3 is 9.13 Å². The van der Waals surface area contributed by atoms with Crippen molar-refractivity contribution in [1.82, 2.24) is 9.13 Å². The number of halogens is 1. The van der Waals surface area contributed by atoms with E-state index >= 15 is 0 Å². The van der Waals surface area contributed by atoms with Gasteiger partial charge in [-0.2, -0.15) is 0 Å². The monoisotopic (exact) mass is 518 g/mol. The molecule has 0 radical (unpaired) electrons. The predicted molar refractivity (Wildman–Crippen MR) is 166 cm³/mol. The first-order valence-electron chi connectivity index (χ1n) is 13.1. The summed E-state index contributed by atoms with van der Waals surface area (Å²) < 4.78 is 4.67. The van der Waals surface area contributed by atoms with Crippen LogP contribution in [-0.2, 0) is 0 Å². The molecule has 0 fully saturated rings. The summed E-state index contributed by atoms with van der Waals surface area (Å²) in [5.74, 6) is 0. The fourth-order valence-corrected chi connectivity index (χ4v) is 6.38. The Bertz CT molecular complexity index is 2110. The largest absolute Gasteiger partial charge is 0.309 e. The van der Waals surface area contributed by atoms with E-state index in [4.69, 9.17) is 11.6 Å². The molecule has 3 heteroatoms. The van der Waals surface area contributed by atoms with Crippen LogP contribution < -0.4 is 0 Å². The molecule has 0 aliphatic heterocycles. The molecule has 2 heterocycles. The number of benzene rings is 6. The molecule has 8 rings (SSSR count). The minimum absolute atomic E-state index is 0.750. The number of nitrogens with zero attached hydrogens (tertiary/aromatic N) is 2. The highest BCUT2D eigenvalue weighted by Gasteiger charge is 2.18. The quantitative estimate of drug-likeness (QED) is 0.220. The van der Waals surface area contributed by atoms with E-state index in [9.17, 15) is 0 Å². The first-order valence-corrected chi connectivity index (χ1v) is 13.5. The van der Waals surface area contributed by atoms with Gasteiger partial charge in [-0.25, -0.2) is 0 Å². The maximum Gasteiger partial charge on any atom is 0.0576 e. The van der Waals surface area contributed by atoms with Crippen molar-refractivity contribution in [3.05, 3.63) is 145 Å². The SMILES string of the molecule is Clc1cc(-n2c3ccccc3c3ccccc32)cc2c1c1ccccc1n2-c1ccc(-c2ccccc2)cc1. The van der Waals surface area contributed by atoms with Crippen molar-refractivity contribution in [2.75, 3.05) is 0 Å². The summed E-state index contributed by atoms with van der Waals surface area (Å²) in [5, 5.41) is 5.45. The van der Waals surface area contributed by atoms with E-state index in [0.717, 1.165) is 38.2 Å². The van der Waals surface area contributed by atoms with Crippen LogP contribution in [0.1, 0.15) is 0 Å². The van der Waals surface area contributed by atoms with Crippen LogP contribution >= 0.6 is 11.6 Å². The van der Waals surface area contributed by atoms with Gasteiger partial charge in [0, 0.05) is 32.9 Å². The van der Waals surface area contributed by atoms with E-state index in [0.29, 0.717) is 0 Å². The molecule has 39 heavy (non-hydrogen) atoms. The van der Waals surface area contributed by atoms with E-state index < -0.39 is 0 Å². The third-order valence-corrected chi connectivity index (χ3v) is 8.08. The maximum absolute atomic E-state index is 7.14. The smallest absolute Gasteiger partial charge is 0.0576 e. The average Bonchev–Trinajstić information content (AvgIpc) is 3.51. The first-order chi connectivity index (χ1) is 19.3. The third kappa shape index (κ3) is 3.35. The highest BCUT2D eigenvalue weighted by Crippen LogP contribution is 2.40. The molecule has 2 aromatic heterocycles. The Labute approximate surface area is 230 Å². The van der Waals surface area contributed by atoms with Gasteiger partial charge in [-0.15, -0.1) is 0 Å². The Morgan fingerprint density at radius 1 is 0.385 bits per heavy atom. The molecule has 0 aliphatic carbocycles. The minimum atomic E-state index is 0.750. The second kappa shape index (κ2) is 8.62. The topological polar surface area (TPSA) is 9.86 Å². The molecule has 0 bridgehead atoms. The van der Waals surface area contributed by atoms with E-state index in [-0.39, 0.29) is 0 Å². The zero-order chi connectivity index (χ0) is 25.9. The summed E-state index contributed by atoms with van der Waals surface area (Å²) in [6.45, 7) is 0. The average molecular weight is 519 g/mol. The van der Waals surface area contributed by atoms with Crippen LogP contribution in [0.15, 0.2) is 140 Å². The summed E-state index contributed by atoms with van der Waals surface area (Å²) in [6.07, 6.45) is 0. The number of hydrogen-bond donors (Lipinski definition) is 0. The van der Waals surface area contributed by atoms with Crippen molar-refractivity contribution in [2.45, 2.75) is 0 Å². The number of para-hydroxylation sites is 3. The second-order valence-corrected chi connectivity index (χ2v) is 10.4. The Kier molecular flexibility index (Phi) is 4.91. The molecule has 0 spiro atoms. The summed E-state index contributed by atoms with van der Waals surface area (Å²) in [7, 11) is 0. The summed E-state index contributed by atoms with van der Waals surface area (Å²) in [5.41, 5.74) is 9.14. The zero-order valence-electron chi connectivity index (χ0n) is 21.1. The van der Waals surface area contributed by atoms with E-state index in [2.05, 4.69) is 149 Å². The Balaban J connectivity index is 1.42. The van der Waals surface area contributed by atoms with E-state index in [1.54, 1.807) is 0 Å². The molecule has 0 N–H and O–H groups in total. The van der Waals surface area contributed by atoms with Crippen LogP contribution in [0, 0.1) is 0 Å². The van der Waals surface area contributed by atoms with Crippen LogP contribution in [0.4, 0.5) is 0 Å². The van der Waals surface area contributed by atoms with Gasteiger partial charge in [-0.1, -0.05) is 109 Å². The summed E-state index contributed by atoms with van der Waals surface area (Å²) in [4.78, 5) is 0. The van der Waals surface area contributed by atoms with Crippen molar-refractivity contribution < 1.29 is 0 Å². The van der Waals surface area contributed by atoms with Gasteiger partial charge >= 0.3 is 0 Å². The summed E-state index contributed by atoms with van der Waals surface area (Å²) >= 11 is 7.14. The number of rotatable bonds is 3. The lowest BCUT2D eigenvalue weighted by atomic mass is 10.1. The lowest BCUT2D eigenvalue weighted by Gasteiger charge is -2.12. The highest BCUT2D eigenvalue weighted by atomic mass is 35.5. The molecular formula is C36H23ClN2. The number of hydrogen-bond acceptors (Lipinski definition) is 0. The zero-order valence-corrected chi connectivity index (χ0v) is 21.8. The molecule has 184 valence electrons. The second-order valence-electron chi connectivity index (χ2n) is 9.96. The van der Waals surface area contributed by atoms with Crippen LogP contribution in [0.3, 0.4) is 0 Å². The van der Waals surface area contributed by atoms with E-state index in [1.165, 1.54) is 32.9 Å². The van der Waals surface area contributed by atoms with Crippen LogP contribution in [-0.4, -0.2) is 9.13 Å². The van der Waals surface area contributed by atoms with Gasteiger partial charge in [0.2, 0.25) is 0 Å².